The molecule has 20 heavy (non-hydrogen) atoms. The normalized spacial score (nSPS) is 16.9. The summed E-state index contributed by atoms with van der Waals surface area (Å²) in [4.78, 5) is 4.97. The Hall–Kier alpha value is -1.17. The number of rotatable bonds is 5. The topological polar surface area (TPSA) is 45.4 Å². The molecule has 1 fully saturated rings. The number of fused-ring (bicyclic) bond motifs is 1. The maximum atomic E-state index is 5.55. The van der Waals surface area contributed by atoms with Crippen LogP contribution in [0.1, 0.15) is 12.8 Å². The fourth-order valence-electron chi connectivity index (χ4n) is 2.76. The average Bonchev–Trinajstić information content (AvgIpc) is 2.92. The summed E-state index contributed by atoms with van der Waals surface area (Å²) < 4.78 is 5.94. The van der Waals surface area contributed by atoms with Crippen LogP contribution in [0.4, 0.5) is 5.82 Å². The number of nitrogens with zero attached hydrogens (tertiary/aromatic N) is 3. The van der Waals surface area contributed by atoms with E-state index < -0.39 is 0 Å². The SMILES string of the molecule is NCCCCN1CCN([14c]2nsc3ccccc32)CC1. The molecule has 0 saturated carbocycles. The van der Waals surface area contributed by atoms with Gasteiger partial charge in [0.25, 0.3) is 0 Å². The van der Waals surface area contributed by atoms with Crippen LogP contribution in [0.25, 0.3) is 10.1 Å². The van der Waals surface area contributed by atoms with Crippen molar-refractivity contribution in [3.8, 4) is 0 Å². The lowest BCUT2D eigenvalue weighted by molar-refractivity contribution is 0.253. The molecule has 1 aromatic heterocycles. The van der Waals surface area contributed by atoms with Gasteiger partial charge in [-0.05, 0) is 49.6 Å². The van der Waals surface area contributed by atoms with Crippen LogP contribution in [0, 0.1) is 0 Å². The molecule has 5 heteroatoms. The molecule has 0 aliphatic carbocycles. The van der Waals surface area contributed by atoms with Crippen molar-refractivity contribution in [1.29, 1.82) is 0 Å². The van der Waals surface area contributed by atoms with E-state index in [1.54, 1.807) is 11.5 Å². The van der Waals surface area contributed by atoms with Gasteiger partial charge in [0, 0.05) is 31.6 Å². The predicted octanol–water partition coefficient (Wildman–Crippen LogP) is 2.16. The highest BCUT2D eigenvalue weighted by molar-refractivity contribution is 7.13. The summed E-state index contributed by atoms with van der Waals surface area (Å²) in [5, 5.41) is 1.30. The van der Waals surface area contributed by atoms with Crippen molar-refractivity contribution in [2.75, 3.05) is 44.2 Å². The van der Waals surface area contributed by atoms with E-state index in [2.05, 4.69) is 38.4 Å². The van der Waals surface area contributed by atoms with Gasteiger partial charge < -0.3 is 10.6 Å². The Morgan fingerprint density at radius 2 is 1.95 bits per heavy atom. The Bertz CT molecular complexity index is 546. The minimum Gasteiger partial charge on any atom is -0.353 e. The van der Waals surface area contributed by atoms with Gasteiger partial charge in [-0.15, -0.1) is 0 Å². The molecule has 2 N–H and O–H groups in total. The molecule has 1 aliphatic rings. The molecule has 2 aromatic rings. The molecule has 4 nitrogen and oxygen atoms in total. The molecule has 1 aliphatic heterocycles. The number of benzene rings is 1. The summed E-state index contributed by atoms with van der Waals surface area (Å²) in [6.07, 6.45) is 2.35. The van der Waals surface area contributed by atoms with Crippen LogP contribution in [0.15, 0.2) is 24.3 Å². The molecule has 1 saturated heterocycles. The predicted molar refractivity (Wildman–Crippen MR) is 86.6 cm³/mol. The minimum absolute atomic E-state index is 0.810. The molecule has 2 heterocycles. The summed E-state index contributed by atoms with van der Waals surface area (Å²) >= 11 is 1.61. The molecule has 0 unspecified atom stereocenters. The average molecular weight is 292 g/mol. The molecule has 108 valence electrons. The molecule has 0 spiro atoms. The van der Waals surface area contributed by atoms with E-state index in [0.717, 1.165) is 39.1 Å². The van der Waals surface area contributed by atoms with E-state index in [4.69, 9.17) is 5.73 Å². The van der Waals surface area contributed by atoms with Crippen LogP contribution in [0.3, 0.4) is 0 Å². The highest BCUT2D eigenvalue weighted by Crippen LogP contribution is 2.29. The smallest absolute Gasteiger partial charge is 0.150 e. The van der Waals surface area contributed by atoms with Gasteiger partial charge in [0.2, 0.25) is 0 Å². The lowest BCUT2D eigenvalue weighted by atomic mass is 10.2. The van der Waals surface area contributed by atoms with Crippen molar-refractivity contribution < 1.29 is 0 Å². The zero-order valence-electron chi connectivity index (χ0n) is 11.8. The summed E-state index contributed by atoms with van der Waals surface area (Å²) in [5.41, 5.74) is 5.55. The Balaban J connectivity index is 1.60. The molecule has 3 rings (SSSR count). The van der Waals surface area contributed by atoms with E-state index in [1.807, 2.05) is 0 Å². The fraction of sp³-hybridized carbons (Fsp3) is 0.533. The Labute approximate surface area is 124 Å². The van der Waals surface area contributed by atoms with Gasteiger partial charge >= 0.3 is 0 Å². The summed E-state index contributed by atoms with van der Waals surface area (Å²) in [5.74, 6) is 1.17. The summed E-state index contributed by atoms with van der Waals surface area (Å²) in [7, 11) is 0. The Kier molecular flexibility index (Phi) is 4.50. The van der Waals surface area contributed by atoms with Crippen LogP contribution >= 0.6 is 11.5 Å². The third-order valence-corrected chi connectivity index (χ3v) is 4.78. The molecular weight excluding hydrogens is 270 g/mol. The number of nitrogens with two attached hydrogens (primary N) is 1. The highest BCUT2D eigenvalue weighted by atomic mass is 32.1. The van der Waals surface area contributed by atoms with Gasteiger partial charge in [0.15, 0.2) is 0 Å². The zero-order chi connectivity index (χ0) is 13.8. The maximum Gasteiger partial charge on any atom is 0.150 e. The first-order chi connectivity index (χ1) is 9.88. The van der Waals surface area contributed by atoms with E-state index in [1.165, 1.54) is 28.9 Å². The Morgan fingerprint density at radius 3 is 2.75 bits per heavy atom. The van der Waals surface area contributed by atoms with Crippen molar-refractivity contribution in [3.05, 3.63) is 24.3 Å². The number of unbranched alkanes of at least 4 members (excludes halogenated alkanes) is 1. The van der Waals surface area contributed by atoms with Crippen LogP contribution in [0.5, 0.6) is 0 Å². The van der Waals surface area contributed by atoms with Crippen LogP contribution in [0.2, 0.25) is 0 Å². The van der Waals surface area contributed by atoms with E-state index in [9.17, 15) is 0 Å². The minimum atomic E-state index is 0.810. The molecule has 0 amide bonds. The van der Waals surface area contributed by atoms with Gasteiger partial charge in [-0.2, -0.15) is 4.37 Å². The second-order valence-corrected chi connectivity index (χ2v) is 6.13. The standard InChI is InChI=1S/C15H22N4S/c16-7-3-4-8-18-9-11-19(12-10-18)15-13-5-1-2-6-14(13)20-17-15/h1-2,5-6H,3-4,7-12,16H2/i15+2. The molecule has 0 atom stereocenters. The van der Waals surface area contributed by atoms with Crippen molar-refractivity contribution in [3.63, 3.8) is 0 Å². The van der Waals surface area contributed by atoms with Gasteiger partial charge in [-0.25, -0.2) is 0 Å². The summed E-state index contributed by atoms with van der Waals surface area (Å²) in [6.45, 7) is 6.42. The monoisotopic (exact) mass is 292 g/mol. The zero-order valence-corrected chi connectivity index (χ0v) is 12.6. The van der Waals surface area contributed by atoms with E-state index >= 15 is 0 Å². The lowest BCUT2D eigenvalue weighted by Gasteiger charge is -2.35. The highest BCUT2D eigenvalue weighted by Gasteiger charge is 2.20. The first-order valence-electron chi connectivity index (χ1n) is 7.40. The van der Waals surface area contributed by atoms with E-state index in [-0.39, 0.29) is 0 Å². The van der Waals surface area contributed by atoms with Gasteiger partial charge in [-0.1, -0.05) is 12.1 Å². The van der Waals surface area contributed by atoms with Gasteiger partial charge in [-0.3, -0.25) is 4.90 Å². The Morgan fingerprint density at radius 1 is 1.15 bits per heavy atom. The lowest BCUT2D eigenvalue weighted by Crippen LogP contribution is -2.46. The second-order valence-electron chi connectivity index (χ2n) is 5.33. The second kappa shape index (κ2) is 6.52. The van der Waals surface area contributed by atoms with Crippen LogP contribution < -0.4 is 10.6 Å². The molecule has 0 bridgehead atoms. The van der Waals surface area contributed by atoms with Crippen LogP contribution in [-0.2, 0) is 0 Å². The van der Waals surface area contributed by atoms with Crippen molar-refractivity contribution in [2.45, 2.75) is 12.8 Å². The first kappa shape index (κ1) is 13.8. The third kappa shape index (κ3) is 2.95. The molecular formula is C15H22N4S. The van der Waals surface area contributed by atoms with Crippen LogP contribution in [-0.4, -0.2) is 48.5 Å². The maximum absolute atomic E-state index is 5.55. The van der Waals surface area contributed by atoms with E-state index in [0.29, 0.717) is 0 Å². The fourth-order valence-corrected chi connectivity index (χ4v) is 3.56. The summed E-state index contributed by atoms with van der Waals surface area (Å²) in [6, 6.07) is 8.52. The van der Waals surface area contributed by atoms with Crippen molar-refractivity contribution >= 4 is 27.4 Å². The number of anilines is 1. The third-order valence-electron chi connectivity index (χ3n) is 3.96. The number of hydrogen-bond donors (Lipinski definition) is 1. The number of piperazine rings is 1. The van der Waals surface area contributed by atoms with Crippen molar-refractivity contribution in [2.24, 2.45) is 5.73 Å². The molecule has 1 aromatic carbocycles. The van der Waals surface area contributed by atoms with Gasteiger partial charge in [0.05, 0.1) is 4.70 Å². The number of aromatic nitrogens is 1. The number of hydrogen-bond acceptors (Lipinski definition) is 5. The largest absolute Gasteiger partial charge is 0.353 e. The van der Waals surface area contributed by atoms with Crippen molar-refractivity contribution in [1.82, 2.24) is 9.27 Å². The van der Waals surface area contributed by atoms with Gasteiger partial charge in [0.1, 0.15) is 5.82 Å². The molecule has 0 radical (unpaired) electrons. The first-order valence-corrected chi connectivity index (χ1v) is 8.17. The quantitative estimate of drug-likeness (QED) is 0.858.